The summed E-state index contributed by atoms with van der Waals surface area (Å²) in [4.78, 5) is 10.8. The first kappa shape index (κ1) is 8.37. The van der Waals surface area contributed by atoms with Crippen molar-refractivity contribution in [2.75, 3.05) is 18.0 Å². The predicted octanol–water partition coefficient (Wildman–Crippen LogP) is 0.321. The zero-order valence-electron chi connectivity index (χ0n) is 7.10. The lowest BCUT2D eigenvalue weighted by atomic mass is 10.2. The highest BCUT2D eigenvalue weighted by Gasteiger charge is 2.15. The molecule has 0 saturated carbocycles. The van der Waals surface area contributed by atoms with Crippen LogP contribution < -0.4 is 10.6 Å². The maximum Gasteiger partial charge on any atom is 0.147 e. The Morgan fingerprint density at radius 2 is 2.15 bits per heavy atom. The largest absolute Gasteiger partial charge is 0.388 e. The van der Waals surface area contributed by atoms with E-state index in [9.17, 15) is 0 Å². The molecule has 1 aromatic heterocycles. The lowest BCUT2D eigenvalue weighted by Gasteiger charge is -2.31. The van der Waals surface area contributed by atoms with Gasteiger partial charge in [-0.1, -0.05) is 12.2 Å². The van der Waals surface area contributed by atoms with Crippen LogP contribution in [0.1, 0.15) is 12.1 Å². The van der Waals surface area contributed by atoms with Crippen molar-refractivity contribution in [3.8, 4) is 0 Å². The molecule has 1 fully saturated rings. The third-order valence-corrected chi connectivity index (χ3v) is 2.28. The number of anilines is 1. The number of nitrogens with two attached hydrogens (primary N) is 1. The van der Waals surface area contributed by atoms with E-state index < -0.39 is 0 Å². The van der Waals surface area contributed by atoms with E-state index >= 15 is 0 Å². The van der Waals surface area contributed by atoms with E-state index in [2.05, 4.69) is 14.9 Å². The molecule has 68 valence electrons. The molecule has 4 nitrogen and oxygen atoms in total. The van der Waals surface area contributed by atoms with Gasteiger partial charge in [0.2, 0.25) is 0 Å². The Morgan fingerprint density at radius 3 is 2.54 bits per heavy atom. The highest BCUT2D eigenvalue weighted by Crippen LogP contribution is 2.15. The third kappa shape index (κ3) is 1.60. The van der Waals surface area contributed by atoms with Gasteiger partial charge < -0.3 is 10.6 Å². The van der Waals surface area contributed by atoms with E-state index in [0.717, 1.165) is 18.9 Å². The highest BCUT2D eigenvalue weighted by molar-refractivity contribution is 7.80. The van der Waals surface area contributed by atoms with Crippen LogP contribution in [0.5, 0.6) is 0 Å². The Hall–Kier alpha value is -1.23. The molecule has 0 bridgehead atoms. The Labute approximate surface area is 81.8 Å². The fraction of sp³-hybridized carbons (Fsp3) is 0.375. The number of hydrogen-bond acceptors (Lipinski definition) is 4. The molecule has 1 aliphatic rings. The quantitative estimate of drug-likeness (QED) is 0.687. The number of aromatic nitrogens is 2. The standard InChI is InChI=1S/C8H10N4S/c9-8(13)6-4-11-7(5-10-6)12-2-1-3-12/h4-5H,1-3H2,(H2,9,13). The van der Waals surface area contributed by atoms with Gasteiger partial charge in [-0.05, 0) is 6.42 Å². The minimum atomic E-state index is 0.294. The monoisotopic (exact) mass is 194 g/mol. The first-order valence-electron chi connectivity index (χ1n) is 4.14. The van der Waals surface area contributed by atoms with E-state index in [1.807, 2.05) is 0 Å². The van der Waals surface area contributed by atoms with Crippen molar-refractivity contribution < 1.29 is 0 Å². The summed E-state index contributed by atoms with van der Waals surface area (Å²) in [5, 5.41) is 0. The first-order valence-corrected chi connectivity index (χ1v) is 4.55. The number of hydrogen-bond donors (Lipinski definition) is 1. The van der Waals surface area contributed by atoms with Crippen LogP contribution in [-0.4, -0.2) is 28.0 Å². The van der Waals surface area contributed by atoms with Crippen LogP contribution in [0.4, 0.5) is 5.82 Å². The topological polar surface area (TPSA) is 55.0 Å². The Bertz CT molecular complexity index is 317. The highest BCUT2D eigenvalue weighted by atomic mass is 32.1. The average Bonchev–Trinajstić information content (AvgIpc) is 2.02. The third-order valence-electron chi connectivity index (χ3n) is 2.07. The van der Waals surface area contributed by atoms with Gasteiger partial charge in [0.15, 0.2) is 0 Å². The molecule has 0 radical (unpaired) electrons. The minimum absolute atomic E-state index is 0.294. The van der Waals surface area contributed by atoms with Crippen LogP contribution in [0.15, 0.2) is 12.4 Å². The minimum Gasteiger partial charge on any atom is -0.388 e. The molecule has 1 saturated heterocycles. The van der Waals surface area contributed by atoms with Crippen molar-refractivity contribution in [2.24, 2.45) is 5.73 Å². The molecule has 5 heteroatoms. The molecule has 13 heavy (non-hydrogen) atoms. The van der Waals surface area contributed by atoms with E-state index in [0.29, 0.717) is 10.7 Å². The fourth-order valence-electron chi connectivity index (χ4n) is 1.16. The Balaban J connectivity index is 2.17. The molecule has 2 rings (SSSR count). The summed E-state index contributed by atoms with van der Waals surface area (Å²) < 4.78 is 0. The van der Waals surface area contributed by atoms with Crippen molar-refractivity contribution in [1.29, 1.82) is 0 Å². The molecule has 2 N–H and O–H groups in total. The van der Waals surface area contributed by atoms with Crippen LogP contribution >= 0.6 is 12.2 Å². The van der Waals surface area contributed by atoms with Crippen LogP contribution in [-0.2, 0) is 0 Å². The molecule has 0 aliphatic carbocycles. The van der Waals surface area contributed by atoms with Gasteiger partial charge in [-0.15, -0.1) is 0 Å². The molecule has 2 heterocycles. The Kier molecular flexibility index (Phi) is 2.10. The van der Waals surface area contributed by atoms with Gasteiger partial charge in [0.25, 0.3) is 0 Å². The number of thiocarbonyl (C=S) groups is 1. The van der Waals surface area contributed by atoms with Gasteiger partial charge in [-0.3, -0.25) is 0 Å². The summed E-state index contributed by atoms with van der Waals surface area (Å²) in [7, 11) is 0. The van der Waals surface area contributed by atoms with Gasteiger partial charge in [0.1, 0.15) is 16.5 Å². The van der Waals surface area contributed by atoms with E-state index in [-0.39, 0.29) is 0 Å². The lowest BCUT2D eigenvalue weighted by molar-refractivity contribution is 0.608. The summed E-state index contributed by atoms with van der Waals surface area (Å²) >= 11 is 4.78. The molecule has 0 spiro atoms. The zero-order valence-corrected chi connectivity index (χ0v) is 7.92. The van der Waals surface area contributed by atoms with E-state index in [1.165, 1.54) is 6.42 Å². The molecule has 1 aliphatic heterocycles. The number of nitrogens with zero attached hydrogens (tertiary/aromatic N) is 3. The normalized spacial score (nSPS) is 15.2. The van der Waals surface area contributed by atoms with Crippen molar-refractivity contribution in [2.45, 2.75) is 6.42 Å². The van der Waals surface area contributed by atoms with Crippen LogP contribution in [0.25, 0.3) is 0 Å². The van der Waals surface area contributed by atoms with Gasteiger partial charge in [-0.2, -0.15) is 0 Å². The summed E-state index contributed by atoms with van der Waals surface area (Å²) in [5.74, 6) is 0.909. The predicted molar refractivity (Wildman–Crippen MR) is 54.7 cm³/mol. The second-order valence-electron chi connectivity index (χ2n) is 2.96. The van der Waals surface area contributed by atoms with Crippen molar-refractivity contribution in [3.05, 3.63) is 18.1 Å². The van der Waals surface area contributed by atoms with E-state index in [4.69, 9.17) is 18.0 Å². The summed E-state index contributed by atoms with van der Waals surface area (Å²) in [6.45, 7) is 2.14. The maximum atomic E-state index is 5.40. The number of rotatable bonds is 2. The summed E-state index contributed by atoms with van der Waals surface area (Å²) in [5.41, 5.74) is 5.98. The second-order valence-corrected chi connectivity index (χ2v) is 3.40. The van der Waals surface area contributed by atoms with Gasteiger partial charge in [-0.25, -0.2) is 9.97 Å². The van der Waals surface area contributed by atoms with Crippen molar-refractivity contribution in [3.63, 3.8) is 0 Å². The van der Waals surface area contributed by atoms with Gasteiger partial charge >= 0.3 is 0 Å². The molecule has 0 atom stereocenters. The van der Waals surface area contributed by atoms with Crippen LogP contribution in [0, 0.1) is 0 Å². The van der Waals surface area contributed by atoms with Gasteiger partial charge in [0.05, 0.1) is 12.4 Å². The SMILES string of the molecule is NC(=S)c1cnc(N2CCC2)cn1. The van der Waals surface area contributed by atoms with Crippen LogP contribution in [0.3, 0.4) is 0 Å². The maximum absolute atomic E-state index is 5.40. The zero-order chi connectivity index (χ0) is 9.26. The molecule has 0 aromatic carbocycles. The summed E-state index contributed by atoms with van der Waals surface area (Å²) in [6, 6.07) is 0. The molecular weight excluding hydrogens is 184 g/mol. The molecule has 0 amide bonds. The fourth-order valence-corrected chi connectivity index (χ4v) is 1.26. The van der Waals surface area contributed by atoms with Gasteiger partial charge in [0, 0.05) is 13.1 Å². The van der Waals surface area contributed by atoms with E-state index in [1.54, 1.807) is 12.4 Å². The smallest absolute Gasteiger partial charge is 0.147 e. The van der Waals surface area contributed by atoms with Crippen molar-refractivity contribution >= 4 is 23.0 Å². The first-order chi connectivity index (χ1) is 6.27. The molecular formula is C8H10N4S. The average molecular weight is 194 g/mol. The molecule has 1 aromatic rings. The van der Waals surface area contributed by atoms with Crippen molar-refractivity contribution in [1.82, 2.24) is 9.97 Å². The second kappa shape index (κ2) is 3.26. The van der Waals surface area contributed by atoms with Crippen LogP contribution in [0.2, 0.25) is 0 Å². The summed E-state index contributed by atoms with van der Waals surface area (Å²) in [6.07, 6.45) is 4.57. The Morgan fingerprint density at radius 1 is 1.38 bits per heavy atom. The molecule has 0 unspecified atom stereocenters. The lowest BCUT2D eigenvalue weighted by Crippen LogP contribution is -2.37.